The Kier molecular flexibility index (Phi) is 6.17. The number of nitrogens with zero attached hydrogens (tertiary/aromatic N) is 2. The molecule has 2 N–H and O–H groups in total. The van der Waals surface area contributed by atoms with Crippen molar-refractivity contribution in [1.29, 1.82) is 0 Å². The third-order valence-electron chi connectivity index (χ3n) is 3.67. The number of benzene rings is 2. The molecule has 3 aromatic rings. The Morgan fingerprint density at radius 3 is 2.63 bits per heavy atom. The number of H-pyrrole nitrogens is 1. The highest BCUT2D eigenvalue weighted by Gasteiger charge is 2.10. The molecule has 0 saturated heterocycles. The number of halogens is 1. The number of hydrazone groups is 1. The van der Waals surface area contributed by atoms with Crippen molar-refractivity contribution in [1.82, 2.24) is 15.6 Å². The Balaban J connectivity index is 1.61. The number of nitrogens with one attached hydrogen (secondary N) is 2. The molecule has 0 aliphatic heterocycles. The fourth-order valence-electron chi connectivity index (χ4n) is 2.31. The zero-order valence-corrected chi connectivity index (χ0v) is 16.1. The van der Waals surface area contributed by atoms with Gasteiger partial charge in [0.15, 0.2) is 0 Å². The Hall–Kier alpha value is -3.19. The Bertz CT molecular complexity index is 963. The van der Waals surface area contributed by atoms with E-state index in [9.17, 15) is 4.79 Å². The molecule has 0 saturated carbocycles. The molecule has 6 nitrogen and oxygen atoms in total. The number of ether oxygens (including phenoxy) is 1. The number of amides is 1. The van der Waals surface area contributed by atoms with Gasteiger partial charge in [-0.2, -0.15) is 10.2 Å². The number of hydrogen-bond donors (Lipinski definition) is 2. The highest BCUT2D eigenvalue weighted by atomic mass is 79.9. The molecule has 0 radical (unpaired) electrons. The van der Waals surface area contributed by atoms with Crippen LogP contribution in [0, 0.1) is 0 Å². The number of carbonyl (C=O) groups is 1. The normalized spacial score (nSPS) is 11.6. The van der Waals surface area contributed by atoms with Gasteiger partial charge in [-0.25, -0.2) is 5.43 Å². The molecule has 136 valence electrons. The van der Waals surface area contributed by atoms with E-state index in [1.165, 1.54) is 6.21 Å². The number of methoxy groups -OCH3 is 1. The third kappa shape index (κ3) is 5.15. The van der Waals surface area contributed by atoms with Gasteiger partial charge in [0.2, 0.25) is 0 Å². The summed E-state index contributed by atoms with van der Waals surface area (Å²) in [4.78, 5) is 12.2. The summed E-state index contributed by atoms with van der Waals surface area (Å²) in [5.41, 5.74) is 5.36. The second kappa shape index (κ2) is 8.95. The van der Waals surface area contributed by atoms with E-state index >= 15 is 0 Å². The van der Waals surface area contributed by atoms with Crippen LogP contribution in [0.1, 0.15) is 16.1 Å². The van der Waals surface area contributed by atoms with Crippen molar-refractivity contribution in [3.05, 3.63) is 76.4 Å². The molecule has 0 aliphatic rings. The molecule has 0 unspecified atom stereocenters. The summed E-state index contributed by atoms with van der Waals surface area (Å²) in [6.07, 6.45) is 3.42. The highest BCUT2D eigenvalue weighted by Crippen LogP contribution is 2.21. The summed E-state index contributed by atoms with van der Waals surface area (Å²) in [7, 11) is 1.61. The number of allylic oxidation sites excluding steroid dienone is 1. The van der Waals surface area contributed by atoms with Crippen LogP contribution in [0.3, 0.4) is 0 Å². The van der Waals surface area contributed by atoms with Crippen LogP contribution < -0.4 is 10.2 Å². The van der Waals surface area contributed by atoms with Crippen molar-refractivity contribution in [3.63, 3.8) is 0 Å². The first-order valence-corrected chi connectivity index (χ1v) is 8.90. The monoisotopic (exact) mass is 424 g/mol. The standard InChI is InChI=1S/C20H17BrN4O2/c1-27-17-9-7-15(8-10-17)18-12-19(24-23-18)20(26)25-22-13-16(21)11-14-5-3-2-4-6-14/h2-13H,1H3,(H,23,24)(H,25,26)/b16-11-,22-13-. The third-order valence-corrected chi connectivity index (χ3v) is 4.10. The lowest BCUT2D eigenvalue weighted by atomic mass is 10.1. The second-order valence-corrected chi connectivity index (χ2v) is 6.45. The van der Waals surface area contributed by atoms with Gasteiger partial charge < -0.3 is 4.74 Å². The van der Waals surface area contributed by atoms with Crippen LogP contribution in [-0.2, 0) is 0 Å². The van der Waals surface area contributed by atoms with Crippen LogP contribution in [0.2, 0.25) is 0 Å². The van der Waals surface area contributed by atoms with Gasteiger partial charge in [-0.15, -0.1) is 0 Å². The molecule has 0 spiro atoms. The fraction of sp³-hybridized carbons (Fsp3) is 0.0500. The maximum atomic E-state index is 12.2. The van der Waals surface area contributed by atoms with Gasteiger partial charge in [-0.1, -0.05) is 30.3 Å². The van der Waals surface area contributed by atoms with Crippen molar-refractivity contribution >= 4 is 34.1 Å². The first-order valence-electron chi connectivity index (χ1n) is 8.11. The van der Waals surface area contributed by atoms with Crippen LogP contribution in [0.5, 0.6) is 5.75 Å². The molecule has 7 heteroatoms. The summed E-state index contributed by atoms with van der Waals surface area (Å²) in [5, 5.41) is 10.8. The lowest BCUT2D eigenvalue weighted by Gasteiger charge is -2.00. The van der Waals surface area contributed by atoms with E-state index in [0.717, 1.165) is 21.4 Å². The van der Waals surface area contributed by atoms with Crippen molar-refractivity contribution in [2.24, 2.45) is 5.10 Å². The number of hydrogen-bond acceptors (Lipinski definition) is 4. The summed E-state index contributed by atoms with van der Waals surface area (Å²) in [6, 6.07) is 18.9. The van der Waals surface area contributed by atoms with E-state index < -0.39 is 0 Å². The molecule has 0 atom stereocenters. The van der Waals surface area contributed by atoms with Crippen molar-refractivity contribution < 1.29 is 9.53 Å². The topological polar surface area (TPSA) is 79.4 Å². The van der Waals surface area contributed by atoms with Crippen LogP contribution in [0.25, 0.3) is 17.3 Å². The van der Waals surface area contributed by atoms with Gasteiger partial charge in [0, 0.05) is 10.0 Å². The van der Waals surface area contributed by atoms with Gasteiger partial charge >= 0.3 is 0 Å². The van der Waals surface area contributed by atoms with E-state index in [1.54, 1.807) is 13.2 Å². The minimum atomic E-state index is -0.376. The zero-order chi connectivity index (χ0) is 19.1. The average Bonchev–Trinajstić information content (AvgIpc) is 3.19. The lowest BCUT2D eigenvalue weighted by Crippen LogP contribution is -2.17. The summed E-state index contributed by atoms with van der Waals surface area (Å²) >= 11 is 3.40. The number of aromatic amines is 1. The Morgan fingerprint density at radius 1 is 1.19 bits per heavy atom. The fourth-order valence-corrected chi connectivity index (χ4v) is 2.67. The smallest absolute Gasteiger partial charge is 0.289 e. The summed E-state index contributed by atoms with van der Waals surface area (Å²) < 4.78 is 5.87. The lowest BCUT2D eigenvalue weighted by molar-refractivity contribution is 0.0950. The SMILES string of the molecule is COc1ccc(-c2cc(C(=O)N/N=C\C(Br)=C\c3ccccc3)[nH]n2)cc1. The largest absolute Gasteiger partial charge is 0.497 e. The maximum absolute atomic E-state index is 12.2. The van der Waals surface area contributed by atoms with E-state index in [-0.39, 0.29) is 5.91 Å². The van der Waals surface area contributed by atoms with E-state index in [4.69, 9.17) is 4.74 Å². The predicted molar refractivity (Wildman–Crippen MR) is 110 cm³/mol. The average molecular weight is 425 g/mol. The first-order chi connectivity index (χ1) is 13.2. The molecule has 0 bridgehead atoms. The molecule has 1 heterocycles. The van der Waals surface area contributed by atoms with E-state index in [1.807, 2.05) is 60.7 Å². The van der Waals surface area contributed by atoms with Crippen LogP contribution in [0.15, 0.2) is 70.2 Å². The zero-order valence-electron chi connectivity index (χ0n) is 14.5. The molecule has 0 fully saturated rings. The molecular formula is C20H17BrN4O2. The molecule has 1 amide bonds. The second-order valence-electron chi connectivity index (χ2n) is 5.53. The first kappa shape index (κ1) is 18.6. The van der Waals surface area contributed by atoms with E-state index in [2.05, 4.69) is 36.7 Å². The van der Waals surface area contributed by atoms with Gasteiger partial charge in [-0.3, -0.25) is 9.89 Å². The molecule has 1 aromatic heterocycles. The number of carbonyl (C=O) groups excluding carboxylic acids is 1. The number of aromatic nitrogens is 2. The van der Waals surface area contributed by atoms with Crippen molar-refractivity contribution in [2.75, 3.05) is 7.11 Å². The minimum absolute atomic E-state index is 0.320. The maximum Gasteiger partial charge on any atom is 0.289 e. The quantitative estimate of drug-likeness (QED) is 0.458. The number of rotatable bonds is 6. The molecule has 0 aliphatic carbocycles. The van der Waals surface area contributed by atoms with Crippen LogP contribution >= 0.6 is 15.9 Å². The van der Waals surface area contributed by atoms with Crippen LogP contribution in [0.4, 0.5) is 0 Å². The van der Waals surface area contributed by atoms with Gasteiger partial charge in [0.1, 0.15) is 11.4 Å². The van der Waals surface area contributed by atoms with E-state index in [0.29, 0.717) is 11.4 Å². The Morgan fingerprint density at radius 2 is 1.93 bits per heavy atom. The Labute approximate surface area is 165 Å². The molecule has 27 heavy (non-hydrogen) atoms. The summed E-state index contributed by atoms with van der Waals surface area (Å²) in [6.45, 7) is 0. The minimum Gasteiger partial charge on any atom is -0.497 e. The van der Waals surface area contributed by atoms with Gasteiger partial charge in [-0.05, 0) is 57.9 Å². The van der Waals surface area contributed by atoms with Gasteiger partial charge in [0.05, 0.1) is 19.0 Å². The molecular weight excluding hydrogens is 408 g/mol. The predicted octanol–water partition coefficient (Wildman–Crippen LogP) is 4.24. The van der Waals surface area contributed by atoms with Crippen LogP contribution in [-0.4, -0.2) is 29.4 Å². The molecule has 2 aromatic carbocycles. The summed E-state index contributed by atoms with van der Waals surface area (Å²) in [5.74, 6) is 0.384. The van der Waals surface area contributed by atoms with Crippen molar-refractivity contribution in [3.8, 4) is 17.0 Å². The molecule has 3 rings (SSSR count). The van der Waals surface area contributed by atoms with Gasteiger partial charge in [0.25, 0.3) is 5.91 Å². The van der Waals surface area contributed by atoms with Crippen molar-refractivity contribution in [2.45, 2.75) is 0 Å². The highest BCUT2D eigenvalue weighted by molar-refractivity contribution is 9.12.